The van der Waals surface area contributed by atoms with Crippen LogP contribution in [0.4, 0.5) is 13.2 Å². The van der Waals surface area contributed by atoms with Crippen LogP contribution in [-0.2, 0) is 44.3 Å². The van der Waals surface area contributed by atoms with Crippen LogP contribution in [-0.4, -0.2) is 98.7 Å². The molecule has 12 aromatic rings. The zero-order chi connectivity index (χ0) is 84.3. The number of unbranched alkanes of at least 4 members (excludes halogenated alkanes) is 4. The number of para-hydroxylation sites is 3. The first-order valence-electron chi connectivity index (χ1n) is 39.7. The first-order valence-corrected chi connectivity index (χ1v) is 40.6. The van der Waals surface area contributed by atoms with Crippen molar-refractivity contribution in [2.45, 2.75) is 152 Å². The molecule has 20 heteroatoms. The van der Waals surface area contributed by atoms with Gasteiger partial charge in [-0.25, -0.2) is 19.9 Å². The summed E-state index contributed by atoms with van der Waals surface area (Å²) in [4.78, 5) is 66.7. The lowest BCUT2D eigenvalue weighted by Crippen LogP contribution is -2.25. The summed E-state index contributed by atoms with van der Waals surface area (Å²) in [6, 6.07) is 65.9. The van der Waals surface area contributed by atoms with Crippen molar-refractivity contribution in [2.24, 2.45) is 21.7 Å². The lowest BCUT2D eigenvalue weighted by Gasteiger charge is -2.21. The smallest absolute Gasteiger partial charge is 0.416 e. The minimum atomic E-state index is -4.38. The lowest BCUT2D eigenvalue weighted by atomic mass is 9.87. The Kier molecular flexibility index (Phi) is 32.2. The van der Waals surface area contributed by atoms with Gasteiger partial charge < -0.3 is 37.9 Å². The summed E-state index contributed by atoms with van der Waals surface area (Å²) in [5, 5.41) is 6.25. The molecule has 0 amide bonds. The maximum absolute atomic E-state index is 12.9. The number of aryl methyl sites for hydroxylation is 2. The van der Waals surface area contributed by atoms with Crippen LogP contribution in [0.3, 0.4) is 0 Å². The van der Waals surface area contributed by atoms with E-state index in [4.69, 9.17) is 37.9 Å². The summed E-state index contributed by atoms with van der Waals surface area (Å²) >= 11 is 1.71. The van der Waals surface area contributed by atoms with E-state index in [-0.39, 0.29) is 23.9 Å². The number of esters is 4. The van der Waals surface area contributed by atoms with Crippen molar-refractivity contribution in [3.05, 3.63) is 228 Å². The average molecular weight is 1610 g/mol. The largest absolute Gasteiger partial charge is 0.478 e. The predicted molar refractivity (Wildman–Crippen MR) is 462 cm³/mol. The predicted octanol–water partition coefficient (Wildman–Crippen LogP) is 24.3. The van der Waals surface area contributed by atoms with Gasteiger partial charge in [0.2, 0.25) is 23.5 Å². The van der Waals surface area contributed by atoms with Crippen molar-refractivity contribution >= 4 is 78.8 Å². The van der Waals surface area contributed by atoms with E-state index >= 15 is 0 Å². The molecule has 12 rings (SSSR count). The lowest BCUT2D eigenvalue weighted by molar-refractivity contribution is -0.151. The van der Waals surface area contributed by atoms with Gasteiger partial charge in [-0.3, -0.25) is 19.2 Å². The van der Waals surface area contributed by atoms with E-state index in [1.807, 2.05) is 140 Å². The molecule has 0 spiro atoms. The number of thiophene rings is 1. The third-order valence-corrected chi connectivity index (χ3v) is 21.5. The summed E-state index contributed by atoms with van der Waals surface area (Å²) in [5.41, 5.74) is 10.6. The Morgan fingerprint density at radius 1 is 0.342 bits per heavy atom. The van der Waals surface area contributed by atoms with Crippen LogP contribution < -0.4 is 18.9 Å². The maximum atomic E-state index is 12.9. The van der Waals surface area contributed by atoms with Crippen LogP contribution >= 0.6 is 11.3 Å². The number of rotatable bonds is 32. The van der Waals surface area contributed by atoms with Gasteiger partial charge in [-0.2, -0.15) is 13.2 Å². The normalized spacial score (nSPS) is 11.6. The molecule has 0 bridgehead atoms. The second-order valence-electron chi connectivity index (χ2n) is 31.6. The molecule has 0 aliphatic carbocycles. The standard InChI is InChI=1S/C25H26F3NO3.2C25H29NO3.C22H25NO3S/c1-24(2,23(30)31-3)14-6-7-15-32-22-16-20(19-8-4-5-9-21(19)29-22)17-10-12-18(13-11-17)25(26,27)28;1-18-11-13-19(14-12-18)21-17-23(26-22-10-6-5-9-20(21)22)29-16-8-7-15-25(2,3)24(27)28-4;1-18-9-5-6-10-21(18)20-12-11-19-13-14-23(26-22(19)17-20)29-16-8-7-15-25(2,3)24(27)28-4;1-22(2,21(24)25-3)12-6-7-13-26-20-15-17(19-11-8-14-27-19)16-9-4-5-10-18(16)23-20/h4-5,8-13,16H,6-7,14-15H2,1-3H3;2*5-6,9-14,17H,7-8,15-16H2,1-4H3;4-5,8-11,14-15H,6-7,12-13H2,1-3H3. The highest BCUT2D eigenvalue weighted by Gasteiger charge is 2.32. The summed E-state index contributed by atoms with van der Waals surface area (Å²) in [5.74, 6) is 1.57. The Morgan fingerprint density at radius 3 is 1.09 bits per heavy atom. The quantitative estimate of drug-likeness (QED) is 0.0219. The van der Waals surface area contributed by atoms with Gasteiger partial charge >= 0.3 is 30.1 Å². The van der Waals surface area contributed by atoms with Gasteiger partial charge in [0.25, 0.3) is 0 Å². The molecule has 0 fully saturated rings. The molecule has 0 aliphatic rings. The Bertz CT molecular complexity index is 5260. The topological polar surface area (TPSA) is 194 Å². The van der Waals surface area contributed by atoms with Crippen molar-refractivity contribution in [1.29, 1.82) is 0 Å². The number of fused-ring (bicyclic) bond motifs is 4. The summed E-state index contributed by atoms with van der Waals surface area (Å²) < 4.78 is 81.8. The molecule has 0 aliphatic heterocycles. The Hall–Kier alpha value is -11.3. The van der Waals surface area contributed by atoms with Gasteiger partial charge in [-0.15, -0.1) is 11.3 Å². The van der Waals surface area contributed by atoms with Crippen LogP contribution in [0.1, 0.15) is 149 Å². The number of hydrogen-bond donors (Lipinski definition) is 0. The van der Waals surface area contributed by atoms with Crippen LogP contribution in [0, 0.1) is 35.5 Å². The van der Waals surface area contributed by atoms with Crippen LogP contribution in [0.5, 0.6) is 23.5 Å². The molecule has 5 aromatic heterocycles. The third-order valence-electron chi connectivity index (χ3n) is 20.6. The molecule has 0 unspecified atom stereocenters. The second-order valence-corrected chi connectivity index (χ2v) is 32.5. The average Bonchev–Trinajstić information content (AvgIpc) is 0.845. The second kappa shape index (κ2) is 42.1. The third kappa shape index (κ3) is 25.6. The van der Waals surface area contributed by atoms with Crippen molar-refractivity contribution in [1.82, 2.24) is 19.9 Å². The number of aromatic nitrogens is 4. The first-order chi connectivity index (χ1) is 55.9. The highest BCUT2D eigenvalue weighted by atomic mass is 32.1. The van der Waals surface area contributed by atoms with Gasteiger partial charge in [0, 0.05) is 56.3 Å². The van der Waals surface area contributed by atoms with Crippen molar-refractivity contribution in [3.63, 3.8) is 0 Å². The van der Waals surface area contributed by atoms with Crippen LogP contribution in [0.2, 0.25) is 0 Å². The summed E-state index contributed by atoms with van der Waals surface area (Å²) in [6.45, 7) is 21.5. The van der Waals surface area contributed by atoms with E-state index < -0.39 is 33.4 Å². The highest BCUT2D eigenvalue weighted by Crippen LogP contribution is 2.39. The van der Waals surface area contributed by atoms with Gasteiger partial charge in [0.05, 0.1) is 104 Å². The molecule has 5 heterocycles. The van der Waals surface area contributed by atoms with Crippen molar-refractivity contribution < 1.29 is 70.2 Å². The molecule has 0 radical (unpaired) electrons. The van der Waals surface area contributed by atoms with E-state index in [1.165, 1.54) is 62.1 Å². The molecule has 0 N–H and O–H groups in total. The van der Waals surface area contributed by atoms with Gasteiger partial charge in [-0.1, -0.05) is 139 Å². The Balaban J connectivity index is 0.000000178. The number of carbonyl (C=O) groups is 4. The number of ether oxygens (including phenoxy) is 8. The highest BCUT2D eigenvalue weighted by molar-refractivity contribution is 7.13. The molecule has 0 saturated heterocycles. The molecule has 7 aromatic carbocycles. The molecule has 0 saturated carbocycles. The number of methoxy groups -OCH3 is 4. The maximum Gasteiger partial charge on any atom is 0.416 e. The Labute approximate surface area is 689 Å². The van der Waals surface area contributed by atoms with Crippen molar-refractivity contribution in [2.75, 3.05) is 54.9 Å². The van der Waals surface area contributed by atoms with Gasteiger partial charge in [0.1, 0.15) is 0 Å². The fourth-order valence-corrected chi connectivity index (χ4v) is 14.3. The zero-order valence-electron chi connectivity index (χ0n) is 69.8. The zero-order valence-corrected chi connectivity index (χ0v) is 70.6. The van der Waals surface area contributed by atoms with E-state index in [1.54, 1.807) is 17.4 Å². The fourth-order valence-electron chi connectivity index (χ4n) is 13.5. The molecular weight excluding hydrogens is 1500 g/mol. The number of carbonyl (C=O) groups excluding carboxylic acids is 4. The molecule has 616 valence electrons. The van der Waals surface area contributed by atoms with E-state index in [9.17, 15) is 32.3 Å². The number of pyridine rings is 4. The monoisotopic (exact) mass is 1610 g/mol. The number of nitrogens with zero attached hydrogens (tertiary/aromatic N) is 4. The van der Waals surface area contributed by atoms with Crippen molar-refractivity contribution in [3.8, 4) is 67.3 Å². The number of alkyl halides is 3. The number of benzene rings is 7. The molecular formula is C97H109F3N4O12S. The van der Waals surface area contributed by atoms with E-state index in [2.05, 4.69) is 130 Å². The summed E-state index contributed by atoms with van der Waals surface area (Å²) in [6.07, 6.45) is 5.38. The Morgan fingerprint density at radius 2 is 0.692 bits per heavy atom. The van der Waals surface area contributed by atoms with Gasteiger partial charge in [-0.05, 0) is 239 Å². The summed E-state index contributed by atoms with van der Waals surface area (Å²) in [7, 11) is 5.68. The molecule has 0 atom stereocenters. The first kappa shape index (κ1) is 89.7. The number of halogens is 3. The fraction of sp³-hybridized carbons (Fsp3) is 0.361. The minimum Gasteiger partial charge on any atom is -0.478 e. The molecule has 117 heavy (non-hydrogen) atoms. The minimum absolute atomic E-state index is 0.166. The SMILES string of the molecule is COC(=O)C(C)(C)CCCCOc1cc(-c2ccc(C(F)(F)F)cc2)c2ccccc2n1.COC(=O)C(C)(C)CCCCOc1cc(-c2ccc(C)cc2)c2ccccc2n1.COC(=O)C(C)(C)CCCCOc1cc(-c2cccs2)c2ccccc2n1.COC(=O)C(C)(C)CCCCOc1ccc2ccc(-c3ccccc3C)cc2n1. The van der Waals surface area contributed by atoms with E-state index in [0.29, 0.717) is 67.4 Å². The molecule has 16 nitrogen and oxygen atoms in total. The number of hydrogen-bond acceptors (Lipinski definition) is 17. The van der Waals surface area contributed by atoms with Crippen LogP contribution in [0.25, 0.3) is 87.4 Å². The van der Waals surface area contributed by atoms with Gasteiger partial charge in [0.15, 0.2) is 0 Å². The van der Waals surface area contributed by atoms with Crippen LogP contribution in [0.15, 0.2) is 212 Å². The van der Waals surface area contributed by atoms with E-state index in [0.717, 1.165) is 149 Å².